The van der Waals surface area contributed by atoms with E-state index in [0.717, 1.165) is 39.4 Å². The normalized spacial score (nSPS) is 11.7. The van der Waals surface area contributed by atoms with Gasteiger partial charge in [0.2, 0.25) is 0 Å². The molecule has 0 bridgehead atoms. The third-order valence-corrected chi connectivity index (χ3v) is 7.47. The molecular formula is C32H27N4NaO5S. The van der Waals surface area contributed by atoms with Gasteiger partial charge in [-0.25, -0.2) is 8.42 Å². The molecule has 5 aromatic carbocycles. The van der Waals surface area contributed by atoms with Crippen LogP contribution in [0.2, 0.25) is 0 Å². The number of nitrogens with zero attached hydrogens (tertiary/aromatic N) is 4. The summed E-state index contributed by atoms with van der Waals surface area (Å²) < 4.78 is 39.6. The van der Waals surface area contributed by atoms with Gasteiger partial charge in [-0.15, -0.1) is 5.11 Å². The third-order valence-electron chi connectivity index (χ3n) is 6.64. The second-order valence-corrected chi connectivity index (χ2v) is 11.0. The topological polar surface area (TPSA) is 136 Å². The number of fused-ring (bicyclic) bond motifs is 1. The molecule has 0 spiro atoms. The largest absolute Gasteiger partial charge is 1.00 e. The van der Waals surface area contributed by atoms with E-state index in [2.05, 4.69) is 20.5 Å². The molecule has 0 aromatic heterocycles. The van der Waals surface area contributed by atoms with Crippen LogP contribution >= 0.6 is 0 Å². The van der Waals surface area contributed by atoms with Gasteiger partial charge in [0.1, 0.15) is 27.3 Å². The van der Waals surface area contributed by atoms with Crippen molar-refractivity contribution in [3.8, 4) is 22.6 Å². The number of phenolic OH excluding ortho intramolecular Hbond substituents is 1. The zero-order valence-corrected chi connectivity index (χ0v) is 27.0. The first kappa shape index (κ1) is 32.0. The van der Waals surface area contributed by atoms with Crippen LogP contribution in [0.1, 0.15) is 18.1 Å². The minimum Gasteiger partial charge on any atom is -0.744 e. The molecule has 0 fully saturated rings. The van der Waals surface area contributed by atoms with Gasteiger partial charge < -0.3 is 14.4 Å². The molecule has 0 unspecified atom stereocenters. The summed E-state index contributed by atoms with van der Waals surface area (Å²) in [5, 5.41) is 28.7. The Morgan fingerprint density at radius 1 is 0.744 bits per heavy atom. The molecule has 9 nitrogen and oxygen atoms in total. The molecule has 11 heteroatoms. The smallest absolute Gasteiger partial charge is 0.744 e. The van der Waals surface area contributed by atoms with Crippen molar-refractivity contribution in [2.45, 2.75) is 25.7 Å². The summed E-state index contributed by atoms with van der Waals surface area (Å²) in [6.45, 7) is 6.45. The third kappa shape index (κ3) is 7.54. The number of hydrogen-bond acceptors (Lipinski definition) is 9. The number of aromatic hydroxyl groups is 1. The molecule has 0 radical (unpaired) electrons. The van der Waals surface area contributed by atoms with Crippen molar-refractivity contribution in [2.75, 3.05) is 6.61 Å². The molecule has 0 saturated carbocycles. The molecule has 212 valence electrons. The molecule has 0 aliphatic rings. The van der Waals surface area contributed by atoms with E-state index in [9.17, 15) is 18.1 Å². The first-order valence-corrected chi connectivity index (χ1v) is 14.5. The van der Waals surface area contributed by atoms with E-state index in [4.69, 9.17) is 4.74 Å². The van der Waals surface area contributed by atoms with E-state index < -0.39 is 10.1 Å². The van der Waals surface area contributed by atoms with Crippen LogP contribution in [-0.4, -0.2) is 24.7 Å². The van der Waals surface area contributed by atoms with Crippen LogP contribution in [0.3, 0.4) is 0 Å². The van der Waals surface area contributed by atoms with Crippen LogP contribution in [0, 0.1) is 13.8 Å². The Morgan fingerprint density at radius 2 is 1.35 bits per heavy atom. The average Bonchev–Trinajstić information content (AvgIpc) is 2.97. The first-order valence-electron chi connectivity index (χ1n) is 13.1. The minimum atomic E-state index is -4.61. The molecule has 0 amide bonds. The molecule has 0 heterocycles. The number of azo groups is 2. The maximum Gasteiger partial charge on any atom is 1.00 e. The van der Waals surface area contributed by atoms with Gasteiger partial charge in [-0.2, -0.15) is 15.3 Å². The van der Waals surface area contributed by atoms with Crippen LogP contribution in [-0.2, 0) is 10.1 Å². The molecule has 5 aromatic rings. The van der Waals surface area contributed by atoms with Crippen LogP contribution in [0.4, 0.5) is 22.7 Å². The molecular weight excluding hydrogens is 575 g/mol. The average molecular weight is 603 g/mol. The number of benzene rings is 5. The van der Waals surface area contributed by atoms with Crippen molar-refractivity contribution >= 4 is 43.6 Å². The number of aryl methyl sites for hydroxylation is 2. The number of rotatable bonds is 8. The van der Waals surface area contributed by atoms with E-state index in [0.29, 0.717) is 23.1 Å². The van der Waals surface area contributed by atoms with Crippen LogP contribution in [0.25, 0.3) is 21.9 Å². The van der Waals surface area contributed by atoms with Gasteiger partial charge in [-0.1, -0.05) is 24.3 Å². The first-order chi connectivity index (χ1) is 20.1. The Hall–Kier alpha value is -3.93. The zero-order chi connectivity index (χ0) is 29.9. The summed E-state index contributed by atoms with van der Waals surface area (Å²) in [5.41, 5.74) is 6.13. The van der Waals surface area contributed by atoms with E-state index in [1.807, 2.05) is 81.4 Å². The Bertz CT molecular complexity index is 1960. The second-order valence-electron chi connectivity index (χ2n) is 9.60. The van der Waals surface area contributed by atoms with Gasteiger partial charge >= 0.3 is 29.6 Å². The second kappa shape index (κ2) is 13.6. The van der Waals surface area contributed by atoms with Crippen molar-refractivity contribution < 1.29 is 52.4 Å². The Labute approximate surface area is 272 Å². The molecule has 0 aliphatic carbocycles. The molecule has 0 atom stereocenters. The summed E-state index contributed by atoms with van der Waals surface area (Å²) in [6, 6.07) is 26.0. The van der Waals surface area contributed by atoms with Gasteiger partial charge in [0.25, 0.3) is 0 Å². The quantitative estimate of drug-likeness (QED) is 0.133. The fraction of sp³-hybridized carbons (Fsp3) is 0.125. The van der Waals surface area contributed by atoms with Crippen LogP contribution in [0.15, 0.2) is 116 Å². The predicted octanol–water partition coefficient (Wildman–Crippen LogP) is 5.97. The molecule has 43 heavy (non-hydrogen) atoms. The minimum absolute atomic E-state index is 0. The van der Waals surface area contributed by atoms with Gasteiger partial charge in [0.05, 0.1) is 28.6 Å². The fourth-order valence-corrected chi connectivity index (χ4v) is 4.93. The Morgan fingerprint density at radius 3 is 1.91 bits per heavy atom. The summed E-state index contributed by atoms with van der Waals surface area (Å²) >= 11 is 0. The van der Waals surface area contributed by atoms with Crippen molar-refractivity contribution in [1.29, 1.82) is 0 Å². The van der Waals surface area contributed by atoms with Gasteiger partial charge in [-0.3, -0.25) is 0 Å². The van der Waals surface area contributed by atoms with E-state index in [-0.39, 0.29) is 45.9 Å². The molecule has 1 N–H and O–H groups in total. The zero-order valence-electron chi connectivity index (χ0n) is 24.1. The molecule has 0 aliphatic heterocycles. The van der Waals surface area contributed by atoms with Crippen molar-refractivity contribution in [3.63, 3.8) is 0 Å². The van der Waals surface area contributed by atoms with E-state index in [1.165, 1.54) is 30.3 Å². The van der Waals surface area contributed by atoms with E-state index in [1.54, 1.807) is 0 Å². The number of hydrogen-bond donors (Lipinski definition) is 1. The number of phenols is 1. The van der Waals surface area contributed by atoms with Crippen molar-refractivity contribution in [1.82, 2.24) is 0 Å². The summed E-state index contributed by atoms with van der Waals surface area (Å²) in [6.07, 6.45) is 0. The van der Waals surface area contributed by atoms with Crippen LogP contribution < -0.4 is 34.3 Å². The summed E-state index contributed by atoms with van der Waals surface area (Å²) in [7, 11) is -4.61. The fourth-order valence-electron chi connectivity index (χ4n) is 4.43. The summed E-state index contributed by atoms with van der Waals surface area (Å²) in [5.74, 6) is 0.676. The van der Waals surface area contributed by atoms with Crippen molar-refractivity contribution in [2.24, 2.45) is 20.5 Å². The standard InChI is InChI=1S/C32H28N4O5S.Na/c1-4-41-26-10-8-25(9-11-26)33-34-29-14-5-22(17-20(29)2)23-6-15-30(21(3)18-23)35-36-32-28-13-12-27(42(38,39)40)19-24(28)7-16-31(32)37;/h5-19,37H,4H2,1-3H3,(H,38,39,40);/q;+1/p-1. The molecule has 5 rings (SSSR count). The Kier molecular flexibility index (Phi) is 10.1. The van der Waals surface area contributed by atoms with E-state index >= 15 is 0 Å². The Balaban J connectivity index is 0.00000423. The summed E-state index contributed by atoms with van der Waals surface area (Å²) in [4.78, 5) is -0.353. The van der Waals surface area contributed by atoms with Gasteiger partial charge in [0, 0.05) is 5.39 Å². The maximum absolute atomic E-state index is 11.4. The van der Waals surface area contributed by atoms with Crippen molar-refractivity contribution in [3.05, 3.63) is 102 Å². The SMILES string of the molecule is CCOc1ccc(N=Nc2ccc(-c3ccc(N=Nc4c(O)ccc5cc(S(=O)(=O)[O-])ccc45)c(C)c3)cc2C)cc1.[Na+]. The van der Waals surface area contributed by atoms with Gasteiger partial charge in [0.15, 0.2) is 0 Å². The predicted molar refractivity (Wildman–Crippen MR) is 161 cm³/mol. The monoisotopic (exact) mass is 602 g/mol. The van der Waals surface area contributed by atoms with Crippen LogP contribution in [0.5, 0.6) is 11.5 Å². The number of ether oxygens (including phenoxy) is 1. The maximum atomic E-state index is 11.4. The van der Waals surface area contributed by atoms with Gasteiger partial charge in [-0.05, 0) is 115 Å². The molecule has 0 saturated heterocycles.